The zero-order chi connectivity index (χ0) is 31.3. The highest BCUT2D eigenvalue weighted by Crippen LogP contribution is 2.38. The number of nitrogens with zero attached hydrogens (tertiary/aromatic N) is 1. The van der Waals surface area contributed by atoms with E-state index in [4.69, 9.17) is 0 Å². The number of halogens is 8. The van der Waals surface area contributed by atoms with Crippen molar-refractivity contribution in [2.75, 3.05) is 20.6 Å². The van der Waals surface area contributed by atoms with Gasteiger partial charge in [0.25, 0.3) is 5.91 Å². The summed E-state index contributed by atoms with van der Waals surface area (Å²) in [4.78, 5) is 25.5. The van der Waals surface area contributed by atoms with Crippen LogP contribution in [-0.2, 0) is 16.8 Å². The Morgan fingerprint density at radius 2 is 1.48 bits per heavy atom. The number of hydrogen-bond acceptors (Lipinski definition) is 3. The van der Waals surface area contributed by atoms with Gasteiger partial charge in [0, 0.05) is 26.6 Å². The number of carbonyl (C=O) groups excluding carboxylic acids is 2. The molecule has 0 fully saturated rings. The molecule has 226 valence electrons. The summed E-state index contributed by atoms with van der Waals surface area (Å²) in [5.74, 6) is -8.64. The van der Waals surface area contributed by atoms with E-state index in [1.54, 1.807) is 30.3 Å². The maximum atomic E-state index is 14.8. The highest BCUT2D eigenvalue weighted by atomic mass is 19.3. The van der Waals surface area contributed by atoms with Crippen LogP contribution in [-0.4, -0.2) is 55.9 Å². The smallest absolute Gasteiger partial charge is 0.428 e. The van der Waals surface area contributed by atoms with Crippen molar-refractivity contribution < 1.29 is 49.4 Å². The van der Waals surface area contributed by atoms with Crippen molar-refractivity contribution in [1.29, 1.82) is 0 Å². The van der Waals surface area contributed by atoms with Crippen LogP contribution in [0.4, 0.5) is 39.9 Å². The summed E-state index contributed by atoms with van der Waals surface area (Å²) in [6.07, 6.45) is -9.59. The van der Waals surface area contributed by atoms with Crippen molar-refractivity contribution in [3.63, 3.8) is 0 Å². The predicted octanol–water partition coefficient (Wildman–Crippen LogP) is 5.71. The maximum absolute atomic E-state index is 14.8. The average molecular weight is 604 g/mol. The van der Waals surface area contributed by atoms with E-state index in [0.29, 0.717) is 16.5 Å². The SMILES string of the molecule is CN(C)C(=O)C(F)(F)CNC(=O)NC(Cc1ccccc1)(c1ccc(F)cc1)c1cc(F)cc(OC(F)(F)C(F)F)c1. The van der Waals surface area contributed by atoms with Gasteiger partial charge in [0.05, 0.1) is 12.1 Å². The maximum Gasteiger partial charge on any atom is 0.461 e. The van der Waals surface area contributed by atoms with E-state index < -0.39 is 59.9 Å². The predicted molar refractivity (Wildman–Crippen MR) is 135 cm³/mol. The largest absolute Gasteiger partial charge is 0.461 e. The molecule has 0 saturated carbocycles. The first-order chi connectivity index (χ1) is 19.6. The highest BCUT2D eigenvalue weighted by Gasteiger charge is 2.45. The summed E-state index contributed by atoms with van der Waals surface area (Å²) >= 11 is 0. The summed E-state index contributed by atoms with van der Waals surface area (Å²) in [5, 5.41) is 4.29. The Hall–Kier alpha value is -4.36. The number of rotatable bonds is 11. The van der Waals surface area contributed by atoms with E-state index in [1.807, 2.05) is 5.32 Å². The Balaban J connectivity index is 2.17. The molecule has 3 aromatic rings. The molecule has 0 heterocycles. The molecule has 1 unspecified atom stereocenters. The van der Waals surface area contributed by atoms with E-state index in [1.165, 1.54) is 12.1 Å². The first-order valence-electron chi connectivity index (χ1n) is 12.2. The van der Waals surface area contributed by atoms with Crippen molar-refractivity contribution in [2.45, 2.75) is 30.4 Å². The molecule has 0 radical (unpaired) electrons. The van der Waals surface area contributed by atoms with Crippen molar-refractivity contribution in [3.8, 4) is 5.75 Å². The third kappa shape index (κ3) is 7.68. The molecule has 42 heavy (non-hydrogen) atoms. The molecule has 0 aliphatic heterocycles. The second-order valence-electron chi connectivity index (χ2n) is 9.43. The van der Waals surface area contributed by atoms with Crippen LogP contribution in [0.25, 0.3) is 0 Å². The van der Waals surface area contributed by atoms with Gasteiger partial charge < -0.3 is 20.3 Å². The normalized spacial score (nSPS) is 13.3. The van der Waals surface area contributed by atoms with Crippen LogP contribution in [0, 0.1) is 11.6 Å². The minimum atomic E-state index is -5.02. The molecule has 0 bridgehead atoms. The topological polar surface area (TPSA) is 70.7 Å². The molecule has 0 aliphatic rings. The van der Waals surface area contributed by atoms with Gasteiger partial charge in [-0.15, -0.1) is 0 Å². The molecular weight excluding hydrogens is 578 g/mol. The molecule has 3 rings (SSSR count). The van der Waals surface area contributed by atoms with E-state index in [0.717, 1.165) is 38.4 Å². The molecular formula is C28H25F8N3O3. The Bertz CT molecular complexity index is 1390. The Morgan fingerprint density at radius 3 is 2.05 bits per heavy atom. The van der Waals surface area contributed by atoms with E-state index in [9.17, 15) is 44.7 Å². The van der Waals surface area contributed by atoms with Gasteiger partial charge in [0.15, 0.2) is 0 Å². The second-order valence-corrected chi connectivity index (χ2v) is 9.43. The first-order valence-corrected chi connectivity index (χ1v) is 12.2. The number of benzene rings is 3. The molecule has 0 spiro atoms. The molecule has 0 saturated heterocycles. The molecule has 3 aromatic carbocycles. The van der Waals surface area contributed by atoms with E-state index >= 15 is 0 Å². The quantitative estimate of drug-likeness (QED) is 0.276. The van der Waals surface area contributed by atoms with Crippen LogP contribution in [0.3, 0.4) is 0 Å². The number of alkyl halides is 6. The lowest BCUT2D eigenvalue weighted by atomic mass is 9.77. The van der Waals surface area contributed by atoms with Crippen LogP contribution < -0.4 is 15.4 Å². The Morgan fingerprint density at radius 1 is 0.857 bits per heavy atom. The van der Waals surface area contributed by atoms with Crippen molar-refractivity contribution in [2.24, 2.45) is 0 Å². The van der Waals surface area contributed by atoms with Crippen molar-refractivity contribution >= 4 is 11.9 Å². The van der Waals surface area contributed by atoms with Crippen molar-refractivity contribution in [3.05, 3.63) is 101 Å². The second kappa shape index (κ2) is 12.7. The minimum absolute atomic E-state index is 0.0243. The minimum Gasteiger partial charge on any atom is -0.428 e. The van der Waals surface area contributed by atoms with Crippen LogP contribution in [0.15, 0.2) is 72.8 Å². The molecule has 0 aromatic heterocycles. The van der Waals surface area contributed by atoms with Gasteiger partial charge in [-0.3, -0.25) is 4.79 Å². The average Bonchev–Trinajstić information content (AvgIpc) is 2.91. The fraction of sp³-hybridized carbons (Fsp3) is 0.286. The van der Waals surface area contributed by atoms with Gasteiger partial charge in [-0.05, 0) is 41.0 Å². The highest BCUT2D eigenvalue weighted by molar-refractivity contribution is 5.84. The fourth-order valence-corrected chi connectivity index (χ4v) is 4.10. The van der Waals surface area contributed by atoms with Gasteiger partial charge in [-0.1, -0.05) is 42.5 Å². The first kappa shape index (κ1) is 32.2. The van der Waals surface area contributed by atoms with Crippen LogP contribution >= 0.6 is 0 Å². The number of hydrogen-bond donors (Lipinski definition) is 2. The number of carbonyl (C=O) groups is 2. The summed E-state index contributed by atoms with van der Waals surface area (Å²) in [6.45, 7) is -1.46. The third-order valence-electron chi connectivity index (χ3n) is 6.04. The fourth-order valence-electron chi connectivity index (χ4n) is 4.10. The molecule has 14 heteroatoms. The molecule has 2 N–H and O–H groups in total. The number of ether oxygens (including phenoxy) is 1. The summed E-state index contributed by atoms with van der Waals surface area (Å²) < 4.78 is 115. The molecule has 0 aliphatic carbocycles. The standard InChI is InChI=1S/C28H25F8N3O3/c1-39(2)24(40)27(33,34)16-37-25(41)38-26(15-17-6-4-3-5-7-17,18-8-10-20(29)11-9-18)19-12-21(30)14-22(13-19)42-28(35,36)23(31)32/h3-14,23H,15-16H2,1-2H3,(H2,37,38,41). The van der Waals surface area contributed by atoms with Gasteiger partial charge in [0.1, 0.15) is 17.4 Å². The molecule has 6 nitrogen and oxygen atoms in total. The zero-order valence-electron chi connectivity index (χ0n) is 22.1. The van der Waals surface area contributed by atoms with Gasteiger partial charge in [0.2, 0.25) is 0 Å². The Labute approximate surface area is 235 Å². The summed E-state index contributed by atoms with van der Waals surface area (Å²) in [7, 11) is 2.16. The van der Waals surface area contributed by atoms with E-state index in [2.05, 4.69) is 10.1 Å². The van der Waals surface area contributed by atoms with Crippen molar-refractivity contribution in [1.82, 2.24) is 15.5 Å². The number of nitrogens with one attached hydrogen (secondary N) is 2. The molecule has 3 amide bonds. The lowest BCUT2D eigenvalue weighted by Gasteiger charge is -2.37. The summed E-state index contributed by atoms with van der Waals surface area (Å²) in [5.41, 5.74) is -1.89. The van der Waals surface area contributed by atoms with Crippen LogP contribution in [0.1, 0.15) is 16.7 Å². The lowest BCUT2D eigenvalue weighted by molar-refractivity contribution is -0.253. The number of urea groups is 1. The lowest BCUT2D eigenvalue weighted by Crippen LogP contribution is -2.55. The van der Waals surface area contributed by atoms with E-state index in [-0.39, 0.29) is 17.5 Å². The third-order valence-corrected chi connectivity index (χ3v) is 6.04. The molecule has 1 atom stereocenters. The van der Waals surface area contributed by atoms with Gasteiger partial charge >= 0.3 is 24.5 Å². The van der Waals surface area contributed by atoms with Gasteiger partial charge in [-0.2, -0.15) is 26.3 Å². The zero-order valence-corrected chi connectivity index (χ0v) is 22.1. The Kier molecular flexibility index (Phi) is 9.69. The van der Waals surface area contributed by atoms with Gasteiger partial charge in [-0.25, -0.2) is 13.6 Å². The monoisotopic (exact) mass is 603 g/mol. The number of amides is 3. The summed E-state index contributed by atoms with van der Waals surface area (Å²) in [6, 6.07) is 12.9. The van der Waals surface area contributed by atoms with Crippen LogP contribution in [0.2, 0.25) is 0 Å². The van der Waals surface area contributed by atoms with Crippen LogP contribution in [0.5, 0.6) is 5.75 Å².